The fourth-order valence-electron chi connectivity index (χ4n) is 3.02. The van der Waals surface area contributed by atoms with Crippen molar-refractivity contribution in [3.63, 3.8) is 0 Å². The second-order valence-corrected chi connectivity index (χ2v) is 5.84. The average molecular weight is 313 g/mol. The Labute approximate surface area is 135 Å². The quantitative estimate of drug-likeness (QED) is 0.616. The molecule has 22 heavy (non-hydrogen) atoms. The smallest absolute Gasteiger partial charge is 0.177 e. The third kappa shape index (κ3) is 2.59. The number of carbonyl (C=O) groups is 2. The van der Waals surface area contributed by atoms with Crippen molar-refractivity contribution in [1.82, 2.24) is 0 Å². The lowest BCUT2D eigenvalue weighted by atomic mass is 9.83. The maximum absolute atomic E-state index is 11.8. The van der Waals surface area contributed by atoms with Gasteiger partial charge in [0.1, 0.15) is 0 Å². The molecule has 0 N–H and O–H groups in total. The molecule has 0 unspecified atom stereocenters. The van der Waals surface area contributed by atoms with E-state index < -0.39 is 0 Å². The van der Waals surface area contributed by atoms with E-state index >= 15 is 0 Å². The van der Waals surface area contributed by atoms with Gasteiger partial charge in [0, 0.05) is 17.5 Å². The Bertz CT molecular complexity index is 697. The Balaban J connectivity index is 2.03. The van der Waals surface area contributed by atoms with Gasteiger partial charge in [-0.05, 0) is 47.2 Å². The third-order valence-corrected chi connectivity index (χ3v) is 4.49. The minimum Gasteiger partial charge on any atom is -0.294 e. The molecular formula is C19H17ClO2. The van der Waals surface area contributed by atoms with E-state index in [2.05, 4.69) is 0 Å². The van der Waals surface area contributed by atoms with Gasteiger partial charge in [0.25, 0.3) is 0 Å². The first-order valence-electron chi connectivity index (χ1n) is 7.52. The summed E-state index contributed by atoms with van der Waals surface area (Å²) >= 11 is 5.63. The summed E-state index contributed by atoms with van der Waals surface area (Å²) in [5.41, 5.74) is 6.18. The van der Waals surface area contributed by atoms with Crippen molar-refractivity contribution < 1.29 is 9.59 Å². The fraction of sp³-hybridized carbons (Fsp3) is 0.263. The van der Waals surface area contributed by atoms with Crippen LogP contribution in [0.2, 0.25) is 0 Å². The number of hydrogen-bond acceptors (Lipinski definition) is 2. The van der Waals surface area contributed by atoms with Crippen LogP contribution in [0, 0.1) is 0 Å². The van der Waals surface area contributed by atoms with Crippen molar-refractivity contribution in [3.05, 3.63) is 58.7 Å². The van der Waals surface area contributed by atoms with E-state index in [0.717, 1.165) is 24.0 Å². The molecule has 0 bridgehead atoms. The fourth-order valence-corrected chi connectivity index (χ4v) is 3.18. The summed E-state index contributed by atoms with van der Waals surface area (Å²) in [7, 11) is 0. The van der Waals surface area contributed by atoms with Crippen LogP contribution in [0.25, 0.3) is 11.1 Å². The molecule has 0 aliphatic heterocycles. The van der Waals surface area contributed by atoms with Crippen LogP contribution in [0.4, 0.5) is 0 Å². The number of Topliss-reactive ketones (excluding diaryl/α,β-unsaturated/α-hetero) is 2. The van der Waals surface area contributed by atoms with Gasteiger partial charge in [0.05, 0.1) is 5.88 Å². The molecule has 1 aliphatic carbocycles. The van der Waals surface area contributed by atoms with Crippen LogP contribution in [0.5, 0.6) is 0 Å². The maximum Gasteiger partial charge on any atom is 0.177 e. The number of halogens is 1. The summed E-state index contributed by atoms with van der Waals surface area (Å²) in [6, 6.07) is 11.7. The van der Waals surface area contributed by atoms with Crippen LogP contribution < -0.4 is 0 Å². The summed E-state index contributed by atoms with van der Waals surface area (Å²) in [6.07, 6.45) is 2.31. The molecule has 0 amide bonds. The Hall–Kier alpha value is -1.93. The summed E-state index contributed by atoms with van der Waals surface area (Å²) < 4.78 is 0. The number of fused-ring (bicyclic) bond motifs is 3. The normalized spacial score (nSPS) is 12.5. The lowest BCUT2D eigenvalue weighted by Crippen LogP contribution is -2.08. The molecule has 0 aromatic heterocycles. The second-order valence-electron chi connectivity index (χ2n) is 5.58. The molecule has 2 aromatic carbocycles. The molecule has 0 atom stereocenters. The predicted molar refractivity (Wildman–Crippen MR) is 89.0 cm³/mol. The number of ketones is 2. The van der Waals surface area contributed by atoms with E-state index in [1.54, 1.807) is 0 Å². The van der Waals surface area contributed by atoms with Gasteiger partial charge in [-0.2, -0.15) is 0 Å². The minimum absolute atomic E-state index is 0.0118. The van der Waals surface area contributed by atoms with Gasteiger partial charge in [-0.3, -0.25) is 9.59 Å². The Kier molecular flexibility index (Phi) is 4.12. The highest BCUT2D eigenvalue weighted by Crippen LogP contribution is 2.34. The molecule has 0 saturated carbocycles. The van der Waals surface area contributed by atoms with Crippen molar-refractivity contribution in [1.29, 1.82) is 0 Å². The van der Waals surface area contributed by atoms with Crippen LogP contribution in [-0.2, 0) is 12.8 Å². The SMILES string of the molecule is CCC(=O)c1ccc2c(c1)CCc1cc(C(=O)CCl)ccc1-2. The van der Waals surface area contributed by atoms with Gasteiger partial charge in [-0.1, -0.05) is 31.2 Å². The van der Waals surface area contributed by atoms with Crippen molar-refractivity contribution in [2.45, 2.75) is 26.2 Å². The first-order chi connectivity index (χ1) is 10.6. The molecule has 2 nitrogen and oxygen atoms in total. The molecule has 3 heteroatoms. The topological polar surface area (TPSA) is 34.1 Å². The number of alkyl halides is 1. The van der Waals surface area contributed by atoms with Gasteiger partial charge >= 0.3 is 0 Å². The third-order valence-electron chi connectivity index (χ3n) is 4.25. The van der Waals surface area contributed by atoms with Crippen molar-refractivity contribution >= 4 is 23.2 Å². The Morgan fingerprint density at radius 2 is 1.41 bits per heavy atom. The predicted octanol–water partition coefficient (Wildman–Crippen LogP) is 4.47. The molecule has 1 aliphatic rings. The highest BCUT2D eigenvalue weighted by atomic mass is 35.5. The van der Waals surface area contributed by atoms with Crippen LogP contribution in [0.3, 0.4) is 0 Å². The van der Waals surface area contributed by atoms with E-state index in [4.69, 9.17) is 11.6 Å². The van der Waals surface area contributed by atoms with Crippen LogP contribution in [0.1, 0.15) is 45.2 Å². The largest absolute Gasteiger partial charge is 0.294 e. The van der Waals surface area contributed by atoms with Gasteiger partial charge in [-0.15, -0.1) is 11.6 Å². The zero-order valence-electron chi connectivity index (χ0n) is 12.5. The van der Waals surface area contributed by atoms with Crippen molar-refractivity contribution in [2.75, 3.05) is 5.88 Å². The Morgan fingerprint density at radius 1 is 0.909 bits per heavy atom. The minimum atomic E-state index is -0.0424. The van der Waals surface area contributed by atoms with E-state index in [9.17, 15) is 9.59 Å². The van der Waals surface area contributed by atoms with Crippen LogP contribution in [0.15, 0.2) is 36.4 Å². The first-order valence-corrected chi connectivity index (χ1v) is 8.06. The van der Waals surface area contributed by atoms with Gasteiger partial charge in [0.2, 0.25) is 0 Å². The van der Waals surface area contributed by atoms with E-state index in [1.807, 2.05) is 43.3 Å². The molecule has 0 saturated heterocycles. The number of rotatable bonds is 4. The first kappa shape index (κ1) is 15.0. The number of hydrogen-bond donors (Lipinski definition) is 0. The highest BCUT2D eigenvalue weighted by Gasteiger charge is 2.18. The molecule has 3 rings (SSSR count). The molecule has 0 heterocycles. The monoisotopic (exact) mass is 312 g/mol. The lowest BCUT2D eigenvalue weighted by Gasteiger charge is -2.21. The number of aryl methyl sites for hydroxylation is 2. The van der Waals surface area contributed by atoms with Gasteiger partial charge in [0.15, 0.2) is 11.6 Å². The van der Waals surface area contributed by atoms with Gasteiger partial charge in [-0.25, -0.2) is 0 Å². The van der Waals surface area contributed by atoms with Crippen molar-refractivity contribution in [3.8, 4) is 11.1 Å². The molecule has 0 fully saturated rings. The Morgan fingerprint density at radius 3 is 1.86 bits per heavy atom. The molecule has 112 valence electrons. The highest BCUT2D eigenvalue weighted by molar-refractivity contribution is 6.30. The molecule has 2 aromatic rings. The van der Waals surface area contributed by atoms with Crippen LogP contribution >= 0.6 is 11.6 Å². The van der Waals surface area contributed by atoms with Crippen molar-refractivity contribution in [2.24, 2.45) is 0 Å². The molecule has 0 spiro atoms. The zero-order valence-corrected chi connectivity index (χ0v) is 13.2. The van der Waals surface area contributed by atoms with Gasteiger partial charge < -0.3 is 0 Å². The molecular weight excluding hydrogens is 296 g/mol. The maximum atomic E-state index is 11.8. The zero-order chi connectivity index (χ0) is 15.7. The average Bonchev–Trinajstić information content (AvgIpc) is 2.59. The standard InChI is InChI=1S/C19H17ClO2/c1-2-18(21)14-5-7-16-12(9-14)3-4-13-10-15(19(22)11-20)6-8-17(13)16/h5-10H,2-4,11H2,1H3. The summed E-state index contributed by atoms with van der Waals surface area (Å²) in [6.45, 7) is 1.88. The summed E-state index contributed by atoms with van der Waals surface area (Å²) in [4.78, 5) is 23.6. The van der Waals surface area contributed by atoms with Crippen LogP contribution in [-0.4, -0.2) is 17.4 Å². The van der Waals surface area contributed by atoms with E-state index in [0.29, 0.717) is 12.0 Å². The van der Waals surface area contributed by atoms with E-state index in [-0.39, 0.29) is 17.4 Å². The molecule has 0 radical (unpaired) electrons. The lowest BCUT2D eigenvalue weighted by molar-refractivity contribution is 0.0986. The second kappa shape index (κ2) is 6.05. The summed E-state index contributed by atoms with van der Waals surface area (Å²) in [5.74, 6) is 0.147. The summed E-state index contributed by atoms with van der Waals surface area (Å²) in [5, 5.41) is 0. The number of carbonyl (C=O) groups excluding carboxylic acids is 2. The van der Waals surface area contributed by atoms with E-state index in [1.165, 1.54) is 16.7 Å². The number of benzene rings is 2.